The molecule has 5 heterocycles. The Morgan fingerprint density at radius 1 is 0.966 bits per heavy atom. The topological polar surface area (TPSA) is 144 Å². The van der Waals surface area contributed by atoms with Crippen molar-refractivity contribution in [2.75, 3.05) is 77.5 Å². The summed E-state index contributed by atoms with van der Waals surface area (Å²) in [6.45, 7) is 7.79. The molecule has 59 heavy (non-hydrogen) atoms. The normalized spacial score (nSPS) is 22.7. The molecule has 1 unspecified atom stereocenters. The molecule has 2 atom stereocenters. The van der Waals surface area contributed by atoms with Crippen molar-refractivity contribution in [3.8, 4) is 11.5 Å². The molecule has 3 aromatic rings. The highest BCUT2D eigenvalue weighted by Gasteiger charge is 2.42. The maximum atomic E-state index is 13.1. The van der Waals surface area contributed by atoms with E-state index in [1.807, 2.05) is 28.5 Å². The highest BCUT2D eigenvalue weighted by atomic mass is 32.1. The Bertz CT molecular complexity index is 1910. The molecule has 2 amide bonds. The molecule has 0 radical (unpaired) electrons. The molecule has 1 aromatic heterocycles. The number of morpholine rings is 1. The van der Waals surface area contributed by atoms with Gasteiger partial charge in [-0.15, -0.1) is 11.3 Å². The highest BCUT2D eigenvalue weighted by molar-refractivity contribution is 7.12. The summed E-state index contributed by atoms with van der Waals surface area (Å²) in [5.41, 5.74) is 3.43. The molecule has 8 rings (SSSR count). The molecule has 4 fully saturated rings. The first-order valence-electron chi connectivity index (χ1n) is 21.6. The van der Waals surface area contributed by atoms with E-state index in [1.165, 1.54) is 41.7 Å². The van der Waals surface area contributed by atoms with Gasteiger partial charge in [-0.05, 0) is 79.1 Å². The minimum absolute atomic E-state index is 0.00393. The summed E-state index contributed by atoms with van der Waals surface area (Å²) in [6, 6.07) is 15.7. The number of hydrogen-bond donors (Lipinski definition) is 3. The van der Waals surface area contributed by atoms with Gasteiger partial charge in [0.25, 0.3) is 11.8 Å². The van der Waals surface area contributed by atoms with Crippen molar-refractivity contribution in [2.24, 2.45) is 0 Å². The van der Waals surface area contributed by atoms with Crippen LogP contribution in [0.25, 0.3) is 0 Å². The fraction of sp³-hybridized carbons (Fsp3) is 0.578. The molecule has 318 valence electrons. The average molecular weight is 830 g/mol. The van der Waals surface area contributed by atoms with Crippen LogP contribution in [0, 0.1) is 0 Å². The van der Waals surface area contributed by atoms with Crippen molar-refractivity contribution >= 4 is 34.8 Å². The Balaban J connectivity index is 0.808. The number of ether oxygens (including phenoxy) is 3. The van der Waals surface area contributed by atoms with Crippen LogP contribution in [0.3, 0.4) is 0 Å². The number of anilines is 1. The monoisotopic (exact) mass is 829 g/mol. The Morgan fingerprint density at radius 2 is 1.80 bits per heavy atom. The zero-order valence-electron chi connectivity index (χ0n) is 34.0. The van der Waals surface area contributed by atoms with Crippen molar-refractivity contribution in [1.29, 1.82) is 0 Å². The van der Waals surface area contributed by atoms with Crippen LogP contribution in [-0.2, 0) is 38.4 Å². The minimum Gasteiger partial charge on any atom is -0.506 e. The van der Waals surface area contributed by atoms with Crippen molar-refractivity contribution in [1.82, 2.24) is 19.6 Å². The van der Waals surface area contributed by atoms with Gasteiger partial charge in [-0.2, -0.15) is 0 Å². The minimum atomic E-state index is -0.836. The number of piperidine rings is 1. The van der Waals surface area contributed by atoms with Gasteiger partial charge in [-0.1, -0.05) is 55.7 Å². The molecule has 1 aliphatic carbocycles. The summed E-state index contributed by atoms with van der Waals surface area (Å²) in [5, 5.41) is 25.4. The fourth-order valence-corrected chi connectivity index (χ4v) is 10.6. The largest absolute Gasteiger partial charge is 0.506 e. The van der Waals surface area contributed by atoms with Crippen LogP contribution < -0.4 is 10.1 Å². The number of phenols is 1. The smallest absolute Gasteiger partial charge is 0.323 e. The van der Waals surface area contributed by atoms with Crippen LogP contribution in [0.1, 0.15) is 77.7 Å². The molecule has 3 saturated heterocycles. The van der Waals surface area contributed by atoms with Crippen molar-refractivity contribution in [3.05, 3.63) is 75.5 Å². The van der Waals surface area contributed by atoms with Gasteiger partial charge < -0.3 is 34.6 Å². The van der Waals surface area contributed by atoms with Crippen LogP contribution in [-0.4, -0.2) is 144 Å². The van der Waals surface area contributed by atoms with E-state index in [0.717, 1.165) is 68.8 Å². The van der Waals surface area contributed by atoms with Gasteiger partial charge >= 0.3 is 5.97 Å². The van der Waals surface area contributed by atoms with Crippen LogP contribution in [0.15, 0.2) is 53.9 Å². The average Bonchev–Trinajstić information content (AvgIpc) is 3.94. The molecule has 14 heteroatoms. The molecular weight excluding hydrogens is 771 g/mol. The second kappa shape index (κ2) is 19.1. The second-order valence-electron chi connectivity index (χ2n) is 17.0. The number of benzene rings is 2. The van der Waals surface area contributed by atoms with Crippen molar-refractivity contribution in [2.45, 2.75) is 94.5 Å². The van der Waals surface area contributed by atoms with E-state index in [9.17, 15) is 24.6 Å². The number of hydrogen-bond acceptors (Lipinski definition) is 11. The number of fused-ring (bicyclic) bond motifs is 1. The maximum Gasteiger partial charge on any atom is 0.323 e. The van der Waals surface area contributed by atoms with Gasteiger partial charge in [-0.3, -0.25) is 29.1 Å². The first-order valence-corrected chi connectivity index (χ1v) is 22.5. The number of rotatable bonds is 15. The van der Waals surface area contributed by atoms with Gasteiger partial charge in [0.15, 0.2) is 12.4 Å². The lowest BCUT2D eigenvalue weighted by Crippen LogP contribution is -2.57. The first-order chi connectivity index (χ1) is 28.7. The number of phenolic OH excluding ortho intramolecular Hbond substituents is 1. The molecule has 0 bridgehead atoms. The van der Waals surface area contributed by atoms with Gasteiger partial charge in [-0.25, -0.2) is 0 Å². The van der Waals surface area contributed by atoms with Crippen LogP contribution in [0.5, 0.6) is 11.5 Å². The van der Waals surface area contributed by atoms with Gasteiger partial charge in [0, 0.05) is 58.4 Å². The zero-order chi connectivity index (χ0) is 40.8. The predicted molar refractivity (Wildman–Crippen MR) is 225 cm³/mol. The van der Waals surface area contributed by atoms with E-state index >= 15 is 0 Å². The number of aromatic hydroxyl groups is 1. The number of carbonyl (C=O) groups is 3. The summed E-state index contributed by atoms with van der Waals surface area (Å²) in [6.07, 6.45) is 9.41. The summed E-state index contributed by atoms with van der Waals surface area (Å²) >= 11 is 1.50. The van der Waals surface area contributed by atoms with E-state index in [1.54, 1.807) is 6.07 Å². The third-order valence-electron chi connectivity index (χ3n) is 13.1. The van der Waals surface area contributed by atoms with Crippen LogP contribution in [0.4, 0.5) is 5.69 Å². The molecule has 4 aliphatic heterocycles. The third-order valence-corrected chi connectivity index (χ3v) is 14.0. The number of carboxylic acid groups (broad SMARTS) is 1. The Morgan fingerprint density at radius 3 is 2.59 bits per heavy atom. The van der Waals surface area contributed by atoms with Gasteiger partial charge in [0.2, 0.25) is 0 Å². The lowest BCUT2D eigenvalue weighted by atomic mass is 9.89. The summed E-state index contributed by atoms with van der Waals surface area (Å²) < 4.78 is 18.5. The number of nitrogens with zero attached hydrogens (tertiary/aromatic N) is 4. The number of amides is 2. The molecule has 1 saturated carbocycles. The van der Waals surface area contributed by atoms with Gasteiger partial charge in [0.1, 0.15) is 17.5 Å². The predicted octanol–water partition coefficient (Wildman–Crippen LogP) is 5.26. The summed E-state index contributed by atoms with van der Waals surface area (Å²) in [7, 11) is 0. The van der Waals surface area contributed by atoms with Crippen LogP contribution in [0.2, 0.25) is 0 Å². The maximum absolute atomic E-state index is 13.1. The molecule has 5 aliphatic rings. The molecular formula is C45H59N5O8S. The van der Waals surface area contributed by atoms with Crippen molar-refractivity contribution in [3.63, 3.8) is 0 Å². The van der Waals surface area contributed by atoms with E-state index in [4.69, 9.17) is 14.2 Å². The third kappa shape index (κ3) is 10.1. The molecule has 3 N–H and O–H groups in total. The van der Waals surface area contributed by atoms with Gasteiger partial charge in [0.05, 0.1) is 36.3 Å². The summed E-state index contributed by atoms with van der Waals surface area (Å²) in [4.78, 5) is 47.5. The second-order valence-corrected chi connectivity index (χ2v) is 17.9. The number of aliphatic carboxylic acids is 1. The van der Waals surface area contributed by atoms with E-state index in [-0.39, 0.29) is 35.9 Å². The quantitative estimate of drug-likeness (QED) is 0.173. The Kier molecular flexibility index (Phi) is 13.5. The molecule has 1 spiro atoms. The molecule has 13 nitrogen and oxygen atoms in total. The standard InChI is InChI=1S/C45H59N5O8S/c51-36-12-11-34(42-40(36)46-39(52)30-57-42)13-18-48(35-8-2-1-3-9-35)22-23-49-19-14-37(41(49)44(54)55)56-25-15-32-6-4-7-33(28-32)29-47-20-16-45(17-21-47)31-50(24-26-58-45)43(53)38-10-5-27-59-38/h4-7,10-12,27-28,35,37,41,51H,1-3,8-9,13-26,29-31H2,(H,46,52)(H,54,55)/t37?,41-/m0/s1. The highest BCUT2D eigenvalue weighted by Crippen LogP contribution is 2.39. The van der Waals surface area contributed by atoms with E-state index < -0.39 is 12.0 Å². The first kappa shape index (κ1) is 41.7. The number of likely N-dealkylation sites (tertiary alicyclic amines) is 2. The number of thiophene rings is 1. The van der Waals surface area contributed by atoms with E-state index in [0.29, 0.717) is 76.1 Å². The van der Waals surface area contributed by atoms with Crippen LogP contribution >= 0.6 is 11.3 Å². The summed E-state index contributed by atoms with van der Waals surface area (Å²) in [5.74, 6) is -0.475. The number of nitrogens with one attached hydrogen (secondary N) is 1. The fourth-order valence-electron chi connectivity index (χ4n) is 9.89. The SMILES string of the molecule is O=C1COc2c(CCN(CCN3CCC(OCCc4cccc(CN5CCC6(CC5)CN(C(=O)c5cccs5)CCO6)c4)[C@H]3C(=O)O)C3CCCCC3)ccc(O)c2N1. The lowest BCUT2D eigenvalue weighted by molar-refractivity contribution is -0.146. The number of carbonyl (C=O) groups excluding carboxylic acids is 2. The zero-order valence-corrected chi connectivity index (χ0v) is 34.8. The number of carboxylic acids is 1. The Labute approximate surface area is 351 Å². The Hall–Kier alpha value is -4.05. The van der Waals surface area contributed by atoms with Crippen molar-refractivity contribution < 1.29 is 38.8 Å². The molecule has 2 aromatic carbocycles. The van der Waals surface area contributed by atoms with E-state index in [2.05, 4.69) is 44.3 Å². The lowest BCUT2D eigenvalue weighted by Gasteiger charge is -2.47.